The zero-order chi connectivity index (χ0) is 14.1. The first-order valence-corrected chi connectivity index (χ1v) is 7.73. The molecule has 20 heavy (non-hydrogen) atoms. The largest absolute Gasteiger partial charge is 0.321 e. The Labute approximate surface area is 123 Å². The second kappa shape index (κ2) is 5.19. The summed E-state index contributed by atoms with van der Waals surface area (Å²) < 4.78 is 2.22. The summed E-state index contributed by atoms with van der Waals surface area (Å²) in [7, 11) is 0. The van der Waals surface area contributed by atoms with Crippen LogP contribution >= 0.6 is 22.7 Å². The fourth-order valence-corrected chi connectivity index (χ4v) is 3.96. The van der Waals surface area contributed by atoms with Gasteiger partial charge in [0.05, 0.1) is 10.6 Å². The summed E-state index contributed by atoms with van der Waals surface area (Å²) >= 11 is 3.08. The maximum absolute atomic E-state index is 12.2. The van der Waals surface area contributed by atoms with Crippen LogP contribution in [0.2, 0.25) is 0 Å². The second-order valence-corrected chi connectivity index (χ2v) is 6.35. The Hall–Kier alpha value is -1.98. The zero-order valence-corrected chi connectivity index (χ0v) is 12.3. The average molecular weight is 301 g/mol. The van der Waals surface area contributed by atoms with Gasteiger partial charge in [-0.05, 0) is 36.6 Å². The number of benzene rings is 1. The summed E-state index contributed by atoms with van der Waals surface area (Å²) in [5, 5.41) is 4.82. The highest BCUT2D eigenvalue weighted by Gasteiger charge is 2.14. The molecule has 0 aliphatic rings. The molecule has 5 heteroatoms. The lowest BCUT2D eigenvalue weighted by Gasteiger charge is -2.07. The lowest BCUT2D eigenvalue weighted by Crippen LogP contribution is -2.12. The highest BCUT2D eigenvalue weighted by atomic mass is 32.1. The normalized spacial score (nSPS) is 10.7. The van der Waals surface area contributed by atoms with Crippen molar-refractivity contribution < 1.29 is 9.59 Å². The molecule has 0 atom stereocenters. The number of nitrogens with one attached hydrogen (secondary N) is 1. The highest BCUT2D eigenvalue weighted by molar-refractivity contribution is 7.27. The SMILES string of the molecule is CC(=O)c1ccccc1NC(=O)c1cc2sccc2s1. The summed E-state index contributed by atoms with van der Waals surface area (Å²) in [5.41, 5.74) is 1.08. The molecule has 3 nitrogen and oxygen atoms in total. The van der Waals surface area contributed by atoms with Crippen LogP contribution in [-0.2, 0) is 0 Å². The summed E-state index contributed by atoms with van der Waals surface area (Å²) in [6.07, 6.45) is 0. The molecule has 0 spiro atoms. The molecule has 0 bridgehead atoms. The van der Waals surface area contributed by atoms with Crippen molar-refractivity contribution in [3.8, 4) is 0 Å². The van der Waals surface area contributed by atoms with Crippen LogP contribution in [0.25, 0.3) is 9.40 Å². The Morgan fingerprint density at radius 1 is 1.10 bits per heavy atom. The van der Waals surface area contributed by atoms with Crippen molar-refractivity contribution >= 4 is 49.5 Å². The van der Waals surface area contributed by atoms with E-state index in [0.29, 0.717) is 16.1 Å². The molecule has 2 aromatic heterocycles. The third-order valence-electron chi connectivity index (χ3n) is 2.92. The van der Waals surface area contributed by atoms with Gasteiger partial charge in [-0.1, -0.05) is 12.1 Å². The molecule has 1 amide bonds. The maximum Gasteiger partial charge on any atom is 0.265 e. The van der Waals surface area contributed by atoms with E-state index in [0.717, 1.165) is 9.40 Å². The van der Waals surface area contributed by atoms with Crippen molar-refractivity contribution in [2.45, 2.75) is 6.92 Å². The van der Waals surface area contributed by atoms with Gasteiger partial charge >= 0.3 is 0 Å². The Morgan fingerprint density at radius 2 is 1.90 bits per heavy atom. The van der Waals surface area contributed by atoms with Crippen LogP contribution in [0.5, 0.6) is 0 Å². The summed E-state index contributed by atoms with van der Waals surface area (Å²) in [6, 6.07) is 10.9. The molecular weight excluding hydrogens is 290 g/mol. The molecular formula is C15H11NO2S2. The third kappa shape index (κ3) is 2.37. The number of thiophene rings is 2. The molecule has 0 radical (unpaired) electrons. The van der Waals surface area contributed by atoms with Gasteiger partial charge in [-0.15, -0.1) is 22.7 Å². The van der Waals surface area contributed by atoms with E-state index in [9.17, 15) is 9.59 Å². The number of carbonyl (C=O) groups is 2. The van der Waals surface area contributed by atoms with Gasteiger partial charge < -0.3 is 5.32 Å². The Balaban J connectivity index is 1.89. The van der Waals surface area contributed by atoms with Gasteiger partial charge in [-0.25, -0.2) is 0 Å². The van der Waals surface area contributed by atoms with Crippen molar-refractivity contribution in [1.82, 2.24) is 0 Å². The number of ketones is 1. The number of anilines is 1. The molecule has 2 heterocycles. The van der Waals surface area contributed by atoms with Crippen LogP contribution in [0, 0.1) is 0 Å². The topological polar surface area (TPSA) is 46.2 Å². The van der Waals surface area contributed by atoms with Crippen molar-refractivity contribution in [2.75, 3.05) is 5.32 Å². The minimum atomic E-state index is -0.174. The highest BCUT2D eigenvalue weighted by Crippen LogP contribution is 2.30. The number of Topliss-reactive ketones (excluding diaryl/α,β-unsaturated/α-hetero) is 1. The first-order chi connectivity index (χ1) is 9.65. The third-order valence-corrected chi connectivity index (χ3v) is 5.01. The van der Waals surface area contributed by atoms with Crippen LogP contribution in [0.3, 0.4) is 0 Å². The number of amides is 1. The number of rotatable bonds is 3. The zero-order valence-electron chi connectivity index (χ0n) is 10.7. The molecule has 3 rings (SSSR count). The van der Waals surface area contributed by atoms with E-state index in [4.69, 9.17) is 0 Å². The molecule has 0 fully saturated rings. The maximum atomic E-state index is 12.2. The quantitative estimate of drug-likeness (QED) is 0.728. The number of carbonyl (C=O) groups excluding carboxylic acids is 2. The second-order valence-electron chi connectivity index (χ2n) is 4.32. The minimum absolute atomic E-state index is 0.0620. The smallest absolute Gasteiger partial charge is 0.265 e. The van der Waals surface area contributed by atoms with Crippen LogP contribution in [-0.4, -0.2) is 11.7 Å². The summed E-state index contributed by atoms with van der Waals surface area (Å²) in [5.74, 6) is -0.236. The summed E-state index contributed by atoms with van der Waals surface area (Å²) in [4.78, 5) is 24.4. The van der Waals surface area contributed by atoms with Gasteiger partial charge in [-0.3, -0.25) is 9.59 Å². The fourth-order valence-electron chi connectivity index (χ4n) is 1.96. The molecule has 0 saturated heterocycles. The molecule has 3 aromatic rings. The van der Waals surface area contributed by atoms with Crippen LogP contribution in [0.1, 0.15) is 27.0 Å². The van der Waals surface area contributed by atoms with E-state index in [1.165, 1.54) is 18.3 Å². The number of hydrogen-bond acceptors (Lipinski definition) is 4. The van der Waals surface area contributed by atoms with Crippen molar-refractivity contribution in [1.29, 1.82) is 0 Å². The van der Waals surface area contributed by atoms with Crippen LogP contribution in [0.15, 0.2) is 41.8 Å². The number of para-hydroxylation sites is 1. The lowest BCUT2D eigenvalue weighted by molar-refractivity contribution is 0.101. The lowest BCUT2D eigenvalue weighted by atomic mass is 10.1. The van der Waals surface area contributed by atoms with Crippen molar-refractivity contribution in [3.05, 3.63) is 52.2 Å². The number of hydrogen-bond donors (Lipinski definition) is 1. The first-order valence-electron chi connectivity index (χ1n) is 6.03. The van der Waals surface area contributed by atoms with Crippen LogP contribution < -0.4 is 5.32 Å². The van der Waals surface area contributed by atoms with E-state index in [2.05, 4.69) is 5.32 Å². The van der Waals surface area contributed by atoms with E-state index in [1.54, 1.807) is 35.6 Å². The van der Waals surface area contributed by atoms with Crippen molar-refractivity contribution in [2.24, 2.45) is 0 Å². The predicted molar refractivity (Wildman–Crippen MR) is 84.1 cm³/mol. The van der Waals surface area contributed by atoms with Gasteiger partial charge in [0.2, 0.25) is 0 Å². The summed E-state index contributed by atoms with van der Waals surface area (Å²) in [6.45, 7) is 1.49. The monoisotopic (exact) mass is 301 g/mol. The molecule has 0 aliphatic heterocycles. The van der Waals surface area contributed by atoms with Gasteiger partial charge in [0.25, 0.3) is 5.91 Å². The van der Waals surface area contributed by atoms with E-state index in [-0.39, 0.29) is 11.7 Å². The molecule has 0 unspecified atom stereocenters. The number of fused-ring (bicyclic) bond motifs is 1. The van der Waals surface area contributed by atoms with Gasteiger partial charge in [0, 0.05) is 15.0 Å². The Bertz CT molecular complexity index is 772. The van der Waals surface area contributed by atoms with Gasteiger partial charge in [-0.2, -0.15) is 0 Å². The van der Waals surface area contributed by atoms with E-state index >= 15 is 0 Å². The average Bonchev–Trinajstić information content (AvgIpc) is 2.99. The fraction of sp³-hybridized carbons (Fsp3) is 0.0667. The Morgan fingerprint density at radius 3 is 2.65 bits per heavy atom. The molecule has 0 aliphatic carbocycles. The predicted octanol–water partition coefficient (Wildman–Crippen LogP) is 4.42. The Kier molecular flexibility index (Phi) is 3.38. The van der Waals surface area contributed by atoms with Gasteiger partial charge in [0.15, 0.2) is 5.78 Å². The minimum Gasteiger partial charge on any atom is -0.321 e. The van der Waals surface area contributed by atoms with Crippen LogP contribution in [0.4, 0.5) is 5.69 Å². The van der Waals surface area contributed by atoms with E-state index in [1.807, 2.05) is 17.5 Å². The molecule has 1 N–H and O–H groups in total. The van der Waals surface area contributed by atoms with Crippen molar-refractivity contribution in [3.63, 3.8) is 0 Å². The standard InChI is InChI=1S/C15H11NO2S2/c1-9(17)10-4-2-3-5-11(10)16-15(18)14-8-13-12(20-14)6-7-19-13/h2-8H,1H3,(H,16,18). The molecule has 0 saturated carbocycles. The first kappa shape index (κ1) is 13.0. The van der Waals surface area contributed by atoms with Gasteiger partial charge in [0.1, 0.15) is 0 Å². The molecule has 1 aromatic carbocycles. The van der Waals surface area contributed by atoms with E-state index < -0.39 is 0 Å². The molecule has 100 valence electrons.